The predicted octanol–water partition coefficient (Wildman–Crippen LogP) is 5.05. The Morgan fingerprint density at radius 2 is 1.67 bits per heavy atom. The second-order valence-electron chi connectivity index (χ2n) is 5.32. The number of rotatable bonds is 4. The van der Waals surface area contributed by atoms with Crippen molar-refractivity contribution in [3.8, 4) is 0 Å². The quantitative estimate of drug-likeness (QED) is 0.671. The molecule has 0 aliphatic rings. The van der Waals surface area contributed by atoms with E-state index in [0.717, 1.165) is 10.9 Å². The summed E-state index contributed by atoms with van der Waals surface area (Å²) in [5.41, 5.74) is 1.64. The molecule has 0 N–H and O–H groups in total. The summed E-state index contributed by atoms with van der Waals surface area (Å²) in [6.45, 7) is 9.16. The number of hydrogen-bond donors (Lipinski definition) is 0. The van der Waals surface area contributed by atoms with Crippen molar-refractivity contribution in [1.82, 2.24) is 0 Å². The van der Waals surface area contributed by atoms with Gasteiger partial charge in [0.25, 0.3) is 0 Å². The van der Waals surface area contributed by atoms with Crippen LogP contribution in [0.5, 0.6) is 0 Å². The van der Waals surface area contributed by atoms with Gasteiger partial charge >= 0.3 is 0 Å². The summed E-state index contributed by atoms with van der Waals surface area (Å²) in [4.78, 5) is 0. The van der Waals surface area contributed by atoms with Crippen LogP contribution in [0.4, 0.5) is 0 Å². The molecular formula is C14H21Cl. The van der Waals surface area contributed by atoms with Crippen molar-refractivity contribution in [1.29, 1.82) is 0 Å². The lowest BCUT2D eigenvalue weighted by Crippen LogP contribution is -2.17. The van der Waals surface area contributed by atoms with Gasteiger partial charge in [-0.25, -0.2) is 0 Å². The van der Waals surface area contributed by atoms with Crippen molar-refractivity contribution in [2.24, 2.45) is 5.92 Å². The van der Waals surface area contributed by atoms with Gasteiger partial charge in [-0.1, -0.05) is 57.8 Å². The Morgan fingerprint density at radius 1 is 1.13 bits per heavy atom. The van der Waals surface area contributed by atoms with Crippen LogP contribution in [0.25, 0.3) is 0 Å². The second-order valence-corrected chi connectivity index (χ2v) is 5.76. The molecule has 0 aromatic heterocycles. The maximum absolute atomic E-state index is 5.89. The maximum Gasteiger partial charge on any atom is 0.0406 e. The Bertz CT molecular complexity index is 296. The molecule has 0 atom stereocenters. The molecule has 0 nitrogen and oxygen atoms in total. The van der Waals surface area contributed by atoms with Crippen molar-refractivity contribution in [3.05, 3.63) is 34.9 Å². The number of hydrogen-bond acceptors (Lipinski definition) is 0. The average Bonchev–Trinajstić information content (AvgIpc) is 2.16. The van der Waals surface area contributed by atoms with Gasteiger partial charge in [-0.2, -0.15) is 0 Å². The van der Waals surface area contributed by atoms with Gasteiger partial charge in [0.2, 0.25) is 0 Å². The lowest BCUT2D eigenvalue weighted by Gasteiger charge is -2.26. The molecule has 0 saturated carbocycles. The molecule has 0 heterocycles. The first kappa shape index (κ1) is 12.6. The zero-order valence-corrected chi connectivity index (χ0v) is 10.9. The van der Waals surface area contributed by atoms with Gasteiger partial charge in [0, 0.05) is 5.02 Å². The van der Waals surface area contributed by atoms with E-state index in [-0.39, 0.29) is 5.41 Å². The monoisotopic (exact) mass is 224 g/mol. The normalized spacial score (nSPS) is 12.1. The van der Waals surface area contributed by atoms with Gasteiger partial charge in [0.1, 0.15) is 0 Å². The van der Waals surface area contributed by atoms with Gasteiger partial charge in [0.05, 0.1) is 0 Å². The Balaban J connectivity index is 2.72. The molecule has 1 rings (SSSR count). The van der Waals surface area contributed by atoms with Gasteiger partial charge in [0.15, 0.2) is 0 Å². The summed E-state index contributed by atoms with van der Waals surface area (Å²) >= 11 is 5.89. The molecule has 0 aliphatic heterocycles. The Hall–Kier alpha value is -0.490. The first-order valence-electron chi connectivity index (χ1n) is 5.68. The van der Waals surface area contributed by atoms with E-state index in [1.807, 2.05) is 12.1 Å². The molecular weight excluding hydrogens is 204 g/mol. The standard InChI is InChI=1S/C14H21Cl/c1-11(2)9-10-14(3,4)12-5-7-13(15)8-6-12/h5-8,11H,9-10H2,1-4H3. The number of halogens is 1. The largest absolute Gasteiger partial charge is 0.0843 e. The van der Waals surface area contributed by atoms with Crippen LogP contribution < -0.4 is 0 Å². The topological polar surface area (TPSA) is 0 Å². The van der Waals surface area contributed by atoms with Crippen molar-refractivity contribution >= 4 is 11.6 Å². The molecule has 1 aromatic rings. The smallest absolute Gasteiger partial charge is 0.0406 e. The Labute approximate surface area is 98.7 Å². The van der Waals surface area contributed by atoms with Gasteiger partial charge < -0.3 is 0 Å². The minimum Gasteiger partial charge on any atom is -0.0843 e. The molecule has 0 aliphatic carbocycles. The fraction of sp³-hybridized carbons (Fsp3) is 0.571. The van der Waals surface area contributed by atoms with Crippen LogP contribution in [0.15, 0.2) is 24.3 Å². The van der Waals surface area contributed by atoms with Crippen LogP contribution in [0.2, 0.25) is 5.02 Å². The van der Waals surface area contributed by atoms with E-state index in [4.69, 9.17) is 11.6 Å². The van der Waals surface area contributed by atoms with Crippen molar-refractivity contribution < 1.29 is 0 Å². The van der Waals surface area contributed by atoms with Crippen LogP contribution in [0.3, 0.4) is 0 Å². The molecule has 0 amide bonds. The lowest BCUT2D eigenvalue weighted by molar-refractivity contribution is 0.415. The van der Waals surface area contributed by atoms with Gasteiger partial charge in [-0.3, -0.25) is 0 Å². The molecule has 15 heavy (non-hydrogen) atoms. The third-order valence-electron chi connectivity index (χ3n) is 2.97. The zero-order chi connectivity index (χ0) is 11.5. The summed E-state index contributed by atoms with van der Waals surface area (Å²) in [7, 11) is 0. The fourth-order valence-electron chi connectivity index (χ4n) is 1.69. The molecule has 0 radical (unpaired) electrons. The van der Waals surface area contributed by atoms with Crippen LogP contribution in [-0.2, 0) is 5.41 Å². The van der Waals surface area contributed by atoms with Crippen molar-refractivity contribution in [2.75, 3.05) is 0 Å². The molecule has 0 saturated heterocycles. The summed E-state index contributed by atoms with van der Waals surface area (Å²) < 4.78 is 0. The molecule has 0 unspecified atom stereocenters. The van der Waals surface area contributed by atoms with E-state index in [2.05, 4.69) is 39.8 Å². The van der Waals surface area contributed by atoms with E-state index in [0.29, 0.717) is 0 Å². The van der Waals surface area contributed by atoms with Crippen LogP contribution in [0.1, 0.15) is 46.1 Å². The average molecular weight is 225 g/mol. The Kier molecular flexibility index (Phi) is 4.21. The SMILES string of the molecule is CC(C)CCC(C)(C)c1ccc(Cl)cc1. The van der Waals surface area contributed by atoms with Gasteiger partial charge in [-0.15, -0.1) is 0 Å². The highest BCUT2D eigenvalue weighted by atomic mass is 35.5. The van der Waals surface area contributed by atoms with E-state index in [9.17, 15) is 0 Å². The van der Waals surface area contributed by atoms with E-state index >= 15 is 0 Å². The summed E-state index contributed by atoms with van der Waals surface area (Å²) in [6, 6.07) is 8.24. The van der Waals surface area contributed by atoms with Crippen LogP contribution >= 0.6 is 11.6 Å². The first-order chi connectivity index (χ1) is 6.92. The Morgan fingerprint density at radius 3 is 2.13 bits per heavy atom. The summed E-state index contributed by atoms with van der Waals surface area (Å²) in [5, 5.41) is 0.818. The summed E-state index contributed by atoms with van der Waals surface area (Å²) in [5.74, 6) is 0.775. The molecule has 1 heteroatoms. The van der Waals surface area contributed by atoms with Gasteiger partial charge in [-0.05, 0) is 35.4 Å². The van der Waals surface area contributed by atoms with Crippen molar-refractivity contribution in [2.45, 2.75) is 46.0 Å². The minimum atomic E-state index is 0.259. The number of benzene rings is 1. The highest BCUT2D eigenvalue weighted by Crippen LogP contribution is 2.30. The molecule has 1 aromatic carbocycles. The highest BCUT2D eigenvalue weighted by Gasteiger charge is 2.20. The fourth-order valence-corrected chi connectivity index (χ4v) is 1.82. The van der Waals surface area contributed by atoms with Crippen molar-refractivity contribution in [3.63, 3.8) is 0 Å². The molecule has 0 spiro atoms. The van der Waals surface area contributed by atoms with Crippen LogP contribution in [0, 0.1) is 5.92 Å². The van der Waals surface area contributed by atoms with E-state index < -0.39 is 0 Å². The van der Waals surface area contributed by atoms with E-state index in [1.54, 1.807) is 0 Å². The maximum atomic E-state index is 5.89. The molecule has 0 bridgehead atoms. The third kappa shape index (κ3) is 3.87. The minimum absolute atomic E-state index is 0.259. The lowest BCUT2D eigenvalue weighted by atomic mass is 9.79. The van der Waals surface area contributed by atoms with E-state index in [1.165, 1.54) is 18.4 Å². The van der Waals surface area contributed by atoms with Crippen LogP contribution in [-0.4, -0.2) is 0 Å². The molecule has 84 valence electrons. The zero-order valence-electron chi connectivity index (χ0n) is 10.2. The highest BCUT2D eigenvalue weighted by molar-refractivity contribution is 6.30. The molecule has 0 fully saturated rings. The third-order valence-corrected chi connectivity index (χ3v) is 3.22. The first-order valence-corrected chi connectivity index (χ1v) is 6.05. The predicted molar refractivity (Wildman–Crippen MR) is 68.6 cm³/mol. The second kappa shape index (κ2) is 5.03. The summed E-state index contributed by atoms with van der Waals surface area (Å²) in [6.07, 6.45) is 2.50.